The van der Waals surface area contributed by atoms with Gasteiger partial charge < -0.3 is 31.1 Å². The average Bonchev–Trinajstić information content (AvgIpc) is 2.90. The van der Waals surface area contributed by atoms with Gasteiger partial charge >= 0.3 is 6.18 Å². The third-order valence-corrected chi connectivity index (χ3v) is 6.78. The van der Waals surface area contributed by atoms with Crippen LogP contribution in [0.15, 0.2) is 42.5 Å². The van der Waals surface area contributed by atoms with Gasteiger partial charge in [-0.1, -0.05) is 24.3 Å². The van der Waals surface area contributed by atoms with Crippen LogP contribution in [0.5, 0.6) is 5.75 Å². The van der Waals surface area contributed by atoms with Gasteiger partial charge in [-0.05, 0) is 48.6 Å². The van der Waals surface area contributed by atoms with E-state index < -0.39 is 59.9 Å². The number of rotatable bonds is 7. The van der Waals surface area contributed by atoms with E-state index in [9.17, 15) is 37.1 Å². The van der Waals surface area contributed by atoms with E-state index in [0.29, 0.717) is 24.0 Å². The second kappa shape index (κ2) is 14.3. The minimum atomic E-state index is -4.50. The molecule has 3 unspecified atom stereocenters. The average molecular weight is 583 g/mol. The molecule has 0 spiro atoms. The molecule has 0 aliphatic carbocycles. The number of aliphatic hydroxyl groups is 1. The van der Waals surface area contributed by atoms with E-state index in [2.05, 4.69) is 10.6 Å². The van der Waals surface area contributed by atoms with Crippen LogP contribution in [-0.4, -0.2) is 66.1 Å². The van der Waals surface area contributed by atoms with Crippen molar-refractivity contribution in [2.75, 3.05) is 20.2 Å². The summed E-state index contributed by atoms with van der Waals surface area (Å²) in [7, 11) is 1.38. The fourth-order valence-electron chi connectivity index (χ4n) is 4.48. The third-order valence-electron chi connectivity index (χ3n) is 6.78. The number of nitrogens with one attached hydrogen (secondary N) is 2. The number of nitrogens with two attached hydrogens (primary N) is 1. The van der Waals surface area contributed by atoms with Crippen LogP contribution in [0.4, 0.5) is 17.6 Å². The highest BCUT2D eigenvalue weighted by Gasteiger charge is 2.32. The molecule has 41 heavy (non-hydrogen) atoms. The first-order valence-electron chi connectivity index (χ1n) is 13.2. The number of alkyl halides is 3. The van der Waals surface area contributed by atoms with Crippen molar-refractivity contribution in [3.63, 3.8) is 0 Å². The maximum atomic E-state index is 14.7. The molecule has 0 saturated heterocycles. The number of benzene rings is 2. The molecule has 0 fully saturated rings. The fourth-order valence-corrected chi connectivity index (χ4v) is 4.48. The zero-order valence-electron chi connectivity index (χ0n) is 22.5. The lowest BCUT2D eigenvalue weighted by Crippen LogP contribution is -2.55. The van der Waals surface area contributed by atoms with Crippen LogP contribution < -0.4 is 21.1 Å². The molecule has 5 N–H and O–H groups in total. The van der Waals surface area contributed by atoms with E-state index in [1.807, 2.05) is 0 Å². The van der Waals surface area contributed by atoms with Crippen LogP contribution in [0.2, 0.25) is 0 Å². The number of hydrogen-bond acceptors (Lipinski definition) is 6. The van der Waals surface area contributed by atoms with Gasteiger partial charge in [-0.25, -0.2) is 4.39 Å². The number of carbonyl (C=O) groups excluding carboxylic acids is 3. The van der Waals surface area contributed by atoms with Crippen molar-refractivity contribution in [1.29, 1.82) is 0 Å². The maximum Gasteiger partial charge on any atom is 0.416 e. The van der Waals surface area contributed by atoms with Gasteiger partial charge in [0.25, 0.3) is 0 Å². The fraction of sp³-hybridized carbons (Fsp3) is 0.464. The Bertz CT molecular complexity index is 1230. The van der Waals surface area contributed by atoms with Crippen molar-refractivity contribution < 1.29 is 41.8 Å². The molecule has 2 bridgehead atoms. The number of nitrogens with zero attached hydrogens (tertiary/aromatic N) is 1. The lowest BCUT2D eigenvalue weighted by atomic mass is 9.99. The highest BCUT2D eigenvalue weighted by molar-refractivity contribution is 5.91. The zero-order valence-corrected chi connectivity index (χ0v) is 22.5. The Morgan fingerprint density at radius 3 is 2.66 bits per heavy atom. The number of primary amides is 1. The molecule has 2 aromatic rings. The van der Waals surface area contributed by atoms with Gasteiger partial charge in [0.2, 0.25) is 17.7 Å². The molecular formula is C28H34F4N4O5. The number of fused-ring (bicyclic) bond motifs is 13. The second-order valence-electron chi connectivity index (χ2n) is 9.98. The predicted octanol–water partition coefficient (Wildman–Crippen LogP) is 2.29. The SMILES string of the molecule is CN1C(=O)CCCCOc2ccc(cc2F)CC(C(O)CNCc2cccc(C(F)(F)F)c2)NC(=O)C1CC(N)=O. The first-order chi connectivity index (χ1) is 19.3. The molecule has 0 radical (unpaired) electrons. The molecule has 4 rings (SSSR count). The first-order valence-corrected chi connectivity index (χ1v) is 13.2. The van der Waals surface area contributed by atoms with Gasteiger partial charge in [-0.2, -0.15) is 13.2 Å². The second-order valence-corrected chi connectivity index (χ2v) is 9.98. The molecule has 2 aliphatic rings. The number of likely N-dealkylation sites (N-methyl/N-ethyl adjacent to an activating group) is 1. The molecule has 3 amide bonds. The van der Waals surface area contributed by atoms with Crippen molar-refractivity contribution in [2.24, 2.45) is 5.73 Å². The van der Waals surface area contributed by atoms with Gasteiger partial charge in [0, 0.05) is 26.6 Å². The number of halogens is 4. The monoisotopic (exact) mass is 582 g/mol. The summed E-state index contributed by atoms with van der Waals surface area (Å²) in [6.45, 7) is 0.00131. The molecule has 0 aromatic heterocycles. The molecule has 2 aliphatic heterocycles. The van der Waals surface area contributed by atoms with E-state index in [1.54, 1.807) is 6.07 Å². The summed E-state index contributed by atoms with van der Waals surface area (Å²) in [5, 5.41) is 16.5. The number of carbonyl (C=O) groups is 3. The highest BCUT2D eigenvalue weighted by Crippen LogP contribution is 2.29. The van der Waals surface area contributed by atoms with E-state index in [-0.39, 0.29) is 38.3 Å². The van der Waals surface area contributed by atoms with E-state index in [1.165, 1.54) is 31.3 Å². The van der Waals surface area contributed by atoms with Crippen LogP contribution in [0.25, 0.3) is 0 Å². The Labute approximate surface area is 235 Å². The maximum absolute atomic E-state index is 14.7. The number of amides is 3. The van der Waals surface area contributed by atoms with Crippen molar-refractivity contribution >= 4 is 17.7 Å². The molecule has 3 atom stereocenters. The summed E-state index contributed by atoms with van der Waals surface area (Å²) in [6.07, 6.45) is -5.40. The quantitative estimate of drug-likeness (QED) is 0.371. The predicted molar refractivity (Wildman–Crippen MR) is 141 cm³/mol. The highest BCUT2D eigenvalue weighted by atomic mass is 19.4. The Morgan fingerprint density at radius 2 is 1.98 bits per heavy atom. The molecule has 0 saturated carbocycles. The van der Waals surface area contributed by atoms with E-state index >= 15 is 0 Å². The Hall–Kier alpha value is -3.71. The van der Waals surface area contributed by atoms with Gasteiger partial charge in [0.1, 0.15) is 6.04 Å². The smallest absolute Gasteiger partial charge is 0.416 e. The van der Waals surface area contributed by atoms with Crippen LogP contribution in [0, 0.1) is 5.82 Å². The number of ether oxygens (including phenoxy) is 1. The summed E-state index contributed by atoms with van der Waals surface area (Å²) in [4.78, 5) is 38.9. The lowest BCUT2D eigenvalue weighted by molar-refractivity contribution is -0.141. The summed E-state index contributed by atoms with van der Waals surface area (Å²) in [5.41, 5.74) is 5.28. The standard InChI is InChI=1S/C28H34F4N4O5/c1-36-22(14-25(33)38)27(40)35-21(23(37)16-34-15-18-5-4-6-19(11-18)28(30,31)32)13-17-8-9-24(20(29)12-17)41-10-3-2-7-26(36)39/h4-6,8-9,11-12,21-23,34,37H,2-3,7,10,13-16H2,1H3,(H2,33,38)(H,35,40). The van der Waals surface area contributed by atoms with Crippen LogP contribution in [0.3, 0.4) is 0 Å². The van der Waals surface area contributed by atoms with E-state index in [0.717, 1.165) is 17.0 Å². The van der Waals surface area contributed by atoms with Crippen molar-refractivity contribution in [3.8, 4) is 5.75 Å². The van der Waals surface area contributed by atoms with Gasteiger partial charge in [0.05, 0.1) is 30.7 Å². The Kier molecular flexibility index (Phi) is 11.1. The van der Waals surface area contributed by atoms with Crippen LogP contribution in [0.1, 0.15) is 42.4 Å². The number of hydrogen-bond donors (Lipinski definition) is 4. The van der Waals surface area contributed by atoms with Gasteiger partial charge in [-0.3, -0.25) is 14.4 Å². The summed E-state index contributed by atoms with van der Waals surface area (Å²) in [5.74, 6) is -2.58. The van der Waals surface area contributed by atoms with Crippen molar-refractivity contribution in [1.82, 2.24) is 15.5 Å². The molecule has 224 valence electrons. The van der Waals surface area contributed by atoms with E-state index in [4.69, 9.17) is 10.5 Å². The molecule has 2 aromatic carbocycles. The minimum Gasteiger partial charge on any atom is -0.491 e. The molecular weight excluding hydrogens is 548 g/mol. The molecule has 13 heteroatoms. The number of aliphatic hydroxyl groups excluding tert-OH is 1. The van der Waals surface area contributed by atoms with Gasteiger partial charge in [0.15, 0.2) is 11.6 Å². The lowest BCUT2D eigenvalue weighted by Gasteiger charge is -2.31. The van der Waals surface area contributed by atoms with Crippen molar-refractivity contribution in [2.45, 2.75) is 63.0 Å². The minimum absolute atomic E-state index is 0.0101. The first kappa shape index (κ1) is 31.8. The van der Waals surface area contributed by atoms with Crippen LogP contribution in [-0.2, 0) is 33.5 Å². The van der Waals surface area contributed by atoms with Gasteiger partial charge in [-0.15, -0.1) is 0 Å². The normalized spacial score (nSPS) is 19.9. The largest absolute Gasteiger partial charge is 0.491 e. The third kappa shape index (κ3) is 9.42. The molecule has 2 heterocycles. The van der Waals surface area contributed by atoms with Crippen molar-refractivity contribution in [3.05, 3.63) is 65.0 Å². The molecule has 9 nitrogen and oxygen atoms in total. The summed E-state index contributed by atoms with van der Waals surface area (Å²) >= 11 is 0. The zero-order chi connectivity index (χ0) is 30.2. The Morgan fingerprint density at radius 1 is 1.22 bits per heavy atom. The topological polar surface area (TPSA) is 134 Å². The van der Waals surface area contributed by atoms with Crippen LogP contribution >= 0.6 is 0 Å². The summed E-state index contributed by atoms with van der Waals surface area (Å²) in [6, 6.07) is 6.66. The summed E-state index contributed by atoms with van der Waals surface area (Å²) < 4.78 is 59.3. The Balaban J connectivity index is 1.82.